The molecule has 0 aliphatic rings. The van der Waals surface area contributed by atoms with Crippen LogP contribution in [0, 0.1) is 0 Å². The quantitative estimate of drug-likeness (QED) is 0.686. The molecule has 0 saturated carbocycles. The van der Waals surface area contributed by atoms with Crippen molar-refractivity contribution in [2.75, 3.05) is 0 Å². The van der Waals surface area contributed by atoms with E-state index >= 15 is 0 Å². The maximum Gasteiger partial charge on any atom is 0.234 e. The first-order valence-electron chi connectivity index (χ1n) is 6.47. The van der Waals surface area contributed by atoms with Crippen LogP contribution in [0.3, 0.4) is 0 Å². The zero-order chi connectivity index (χ0) is 13.9. The second kappa shape index (κ2) is 5.51. The van der Waals surface area contributed by atoms with Crippen molar-refractivity contribution in [3.8, 4) is 17.0 Å². The lowest BCUT2D eigenvalue weighted by Gasteiger charge is -2.10. The van der Waals surface area contributed by atoms with Crippen LogP contribution in [-0.2, 0) is 0 Å². The Balaban J connectivity index is 1.91. The number of hydrogen-bond acceptors (Lipinski definition) is 3. The minimum absolute atomic E-state index is 0.291. The highest BCUT2D eigenvalue weighted by Crippen LogP contribution is 2.24. The third-order valence-corrected chi connectivity index (χ3v) is 3.42. The van der Waals surface area contributed by atoms with E-state index in [-0.39, 0.29) is 5.56 Å². The molecule has 0 radical (unpaired) electrons. The maximum atomic E-state index is 5.97. The molecule has 1 unspecified atom stereocenters. The van der Waals surface area contributed by atoms with Crippen molar-refractivity contribution in [3.63, 3.8) is 0 Å². The summed E-state index contributed by atoms with van der Waals surface area (Å²) in [5, 5.41) is 0. The molecule has 0 spiro atoms. The molecule has 3 rings (SSSR count). The lowest BCUT2D eigenvalue weighted by atomic mass is 10.1. The number of hydrogen-bond donors (Lipinski definition) is 0. The second-order valence-corrected chi connectivity index (χ2v) is 4.88. The van der Waals surface area contributed by atoms with Crippen LogP contribution in [0.25, 0.3) is 17.0 Å². The summed E-state index contributed by atoms with van der Waals surface area (Å²) in [5.74, 6) is 1.46. The third-order valence-electron chi connectivity index (χ3n) is 3.02. The standard InChI is InChI=1S/C15H14ClN3O/c1-2-14(16)20-12-6-4-11(5-7-12)13-10-18-15-17-8-3-9-19(13)15/h3-10,14H,2H2,1H3. The third kappa shape index (κ3) is 2.47. The number of ether oxygens (including phenoxy) is 1. The number of halogens is 1. The van der Waals surface area contributed by atoms with Gasteiger partial charge in [-0.05, 0) is 36.8 Å². The highest BCUT2D eigenvalue weighted by atomic mass is 35.5. The van der Waals surface area contributed by atoms with E-state index in [1.807, 2.05) is 54.0 Å². The Bertz CT molecular complexity index is 708. The van der Waals surface area contributed by atoms with Gasteiger partial charge in [-0.3, -0.25) is 4.40 Å². The molecule has 1 atom stereocenters. The number of rotatable bonds is 4. The Labute approximate surface area is 122 Å². The molecule has 0 amide bonds. The van der Waals surface area contributed by atoms with Crippen LogP contribution in [0.2, 0.25) is 0 Å². The second-order valence-electron chi connectivity index (χ2n) is 4.39. The molecule has 4 nitrogen and oxygen atoms in total. The van der Waals surface area contributed by atoms with E-state index in [9.17, 15) is 0 Å². The summed E-state index contributed by atoms with van der Waals surface area (Å²) in [6, 6.07) is 9.69. The molecule has 20 heavy (non-hydrogen) atoms. The van der Waals surface area contributed by atoms with Crippen LogP contribution in [0.5, 0.6) is 5.75 Å². The fourth-order valence-electron chi connectivity index (χ4n) is 1.98. The predicted octanol–water partition coefficient (Wildman–Crippen LogP) is 3.75. The van der Waals surface area contributed by atoms with E-state index in [1.54, 1.807) is 6.20 Å². The van der Waals surface area contributed by atoms with Crippen molar-refractivity contribution < 1.29 is 4.74 Å². The van der Waals surface area contributed by atoms with Crippen LogP contribution < -0.4 is 4.74 Å². The molecule has 0 fully saturated rings. The van der Waals surface area contributed by atoms with Gasteiger partial charge in [-0.2, -0.15) is 0 Å². The zero-order valence-corrected chi connectivity index (χ0v) is 11.8. The molecule has 2 aromatic heterocycles. The molecule has 102 valence electrons. The van der Waals surface area contributed by atoms with Crippen molar-refractivity contribution in [1.29, 1.82) is 0 Å². The minimum atomic E-state index is -0.291. The Morgan fingerprint density at radius 3 is 2.80 bits per heavy atom. The summed E-state index contributed by atoms with van der Waals surface area (Å²) in [6.07, 6.45) is 6.26. The summed E-state index contributed by atoms with van der Waals surface area (Å²) in [6.45, 7) is 1.98. The SMILES string of the molecule is CCC(Cl)Oc1ccc(-c2cnc3ncccn23)cc1. The van der Waals surface area contributed by atoms with Gasteiger partial charge in [-0.15, -0.1) is 0 Å². The molecule has 0 aliphatic heterocycles. The number of nitrogens with zero attached hydrogens (tertiary/aromatic N) is 3. The molecule has 5 heteroatoms. The van der Waals surface area contributed by atoms with Crippen LogP contribution in [0.1, 0.15) is 13.3 Å². The maximum absolute atomic E-state index is 5.97. The van der Waals surface area contributed by atoms with Crippen LogP contribution >= 0.6 is 11.6 Å². The molecular formula is C15H14ClN3O. The summed E-state index contributed by atoms with van der Waals surface area (Å²) < 4.78 is 7.50. The highest BCUT2D eigenvalue weighted by molar-refractivity contribution is 6.19. The average Bonchev–Trinajstić information content (AvgIpc) is 2.92. The Morgan fingerprint density at radius 2 is 2.05 bits per heavy atom. The van der Waals surface area contributed by atoms with E-state index < -0.39 is 0 Å². The first kappa shape index (κ1) is 12.9. The van der Waals surface area contributed by atoms with Gasteiger partial charge < -0.3 is 4.74 Å². The van der Waals surface area contributed by atoms with Gasteiger partial charge in [0.1, 0.15) is 5.75 Å². The number of alkyl halides is 1. The van der Waals surface area contributed by atoms with E-state index in [0.29, 0.717) is 5.78 Å². The molecule has 0 aliphatic carbocycles. The molecule has 0 bridgehead atoms. The Morgan fingerprint density at radius 1 is 1.25 bits per heavy atom. The van der Waals surface area contributed by atoms with Crippen molar-refractivity contribution in [1.82, 2.24) is 14.4 Å². The highest BCUT2D eigenvalue weighted by Gasteiger charge is 2.07. The van der Waals surface area contributed by atoms with Gasteiger partial charge in [0.15, 0.2) is 5.56 Å². The monoisotopic (exact) mass is 287 g/mol. The predicted molar refractivity (Wildman–Crippen MR) is 79.0 cm³/mol. The molecule has 0 N–H and O–H groups in total. The number of aromatic nitrogens is 3. The first-order valence-corrected chi connectivity index (χ1v) is 6.91. The van der Waals surface area contributed by atoms with Crippen molar-refractivity contribution in [2.24, 2.45) is 0 Å². The molecule has 1 aromatic carbocycles. The van der Waals surface area contributed by atoms with Gasteiger partial charge in [0, 0.05) is 18.0 Å². The van der Waals surface area contributed by atoms with Crippen molar-refractivity contribution in [2.45, 2.75) is 18.9 Å². The van der Waals surface area contributed by atoms with Gasteiger partial charge in [0.25, 0.3) is 0 Å². The van der Waals surface area contributed by atoms with Gasteiger partial charge >= 0.3 is 0 Å². The van der Waals surface area contributed by atoms with E-state index in [1.165, 1.54) is 0 Å². The van der Waals surface area contributed by atoms with Crippen LogP contribution in [0.15, 0.2) is 48.9 Å². The van der Waals surface area contributed by atoms with Crippen molar-refractivity contribution in [3.05, 3.63) is 48.9 Å². The largest absolute Gasteiger partial charge is 0.475 e. The van der Waals surface area contributed by atoms with Crippen LogP contribution in [-0.4, -0.2) is 19.9 Å². The van der Waals surface area contributed by atoms with E-state index in [2.05, 4.69) is 9.97 Å². The molecule has 0 saturated heterocycles. The van der Waals surface area contributed by atoms with Gasteiger partial charge in [-0.1, -0.05) is 18.5 Å². The molecular weight excluding hydrogens is 274 g/mol. The average molecular weight is 288 g/mol. The lowest BCUT2D eigenvalue weighted by molar-refractivity contribution is 0.277. The van der Waals surface area contributed by atoms with E-state index in [4.69, 9.17) is 16.3 Å². The Hall–Kier alpha value is -2.07. The number of imidazole rings is 1. The van der Waals surface area contributed by atoms with Crippen LogP contribution in [0.4, 0.5) is 0 Å². The smallest absolute Gasteiger partial charge is 0.234 e. The lowest BCUT2D eigenvalue weighted by Crippen LogP contribution is -2.06. The summed E-state index contributed by atoms with van der Waals surface area (Å²) in [7, 11) is 0. The number of fused-ring (bicyclic) bond motifs is 1. The van der Waals surface area contributed by atoms with Crippen molar-refractivity contribution >= 4 is 17.4 Å². The normalized spacial score (nSPS) is 12.5. The fourth-order valence-corrected chi connectivity index (χ4v) is 2.08. The number of benzene rings is 1. The summed E-state index contributed by atoms with van der Waals surface area (Å²) >= 11 is 5.97. The van der Waals surface area contributed by atoms with Gasteiger partial charge in [0.2, 0.25) is 5.78 Å². The summed E-state index contributed by atoms with van der Waals surface area (Å²) in [5.41, 5.74) is 1.76. The molecule has 3 aromatic rings. The Kier molecular flexibility index (Phi) is 3.56. The molecule has 2 heterocycles. The minimum Gasteiger partial charge on any atom is -0.475 e. The van der Waals surface area contributed by atoms with Gasteiger partial charge in [-0.25, -0.2) is 9.97 Å². The van der Waals surface area contributed by atoms with E-state index in [0.717, 1.165) is 23.4 Å². The fraction of sp³-hybridized carbons (Fsp3) is 0.200. The topological polar surface area (TPSA) is 39.4 Å². The summed E-state index contributed by atoms with van der Waals surface area (Å²) in [4.78, 5) is 8.48. The first-order chi connectivity index (χ1) is 9.78. The van der Waals surface area contributed by atoms with Gasteiger partial charge in [0.05, 0.1) is 11.9 Å². The zero-order valence-electron chi connectivity index (χ0n) is 11.0.